The Morgan fingerprint density at radius 3 is 2.58 bits per heavy atom. The van der Waals surface area contributed by atoms with E-state index in [1.807, 2.05) is 72.3 Å². The molecule has 0 aliphatic rings. The maximum Gasteiger partial charge on any atom is 0.251 e. The number of aryl methyl sites for hydroxylation is 2. The molecule has 0 bridgehead atoms. The Morgan fingerprint density at radius 2 is 1.85 bits per heavy atom. The Bertz CT molecular complexity index is 1200. The van der Waals surface area contributed by atoms with Crippen LogP contribution in [0.15, 0.2) is 73.1 Å². The van der Waals surface area contributed by atoms with Crippen LogP contribution in [0.2, 0.25) is 0 Å². The number of rotatable bonds is 9. The molecule has 4 rings (SSSR count). The smallest absolute Gasteiger partial charge is 0.251 e. The van der Waals surface area contributed by atoms with Gasteiger partial charge in [-0.2, -0.15) is 5.10 Å². The van der Waals surface area contributed by atoms with Gasteiger partial charge in [-0.15, -0.1) is 0 Å². The summed E-state index contributed by atoms with van der Waals surface area (Å²) in [5.74, 6) is 2.12. The van der Waals surface area contributed by atoms with E-state index >= 15 is 0 Å². The van der Waals surface area contributed by atoms with Crippen LogP contribution in [0, 0.1) is 0 Å². The van der Waals surface area contributed by atoms with Crippen molar-refractivity contribution in [2.24, 2.45) is 0 Å². The van der Waals surface area contributed by atoms with Crippen LogP contribution in [0.25, 0.3) is 17.1 Å². The minimum absolute atomic E-state index is 0.0993. The van der Waals surface area contributed by atoms with Crippen LogP contribution in [0.3, 0.4) is 0 Å². The predicted molar refractivity (Wildman–Crippen MR) is 128 cm³/mol. The monoisotopic (exact) mass is 441 g/mol. The fraction of sp³-hybridized carbons (Fsp3) is 0.231. The van der Waals surface area contributed by atoms with E-state index in [1.54, 1.807) is 19.5 Å². The van der Waals surface area contributed by atoms with Gasteiger partial charge in [-0.25, -0.2) is 9.67 Å². The van der Waals surface area contributed by atoms with Crippen molar-refractivity contribution >= 4 is 5.91 Å². The number of methoxy groups -OCH3 is 1. The number of aromatic nitrogens is 4. The molecule has 0 aliphatic heterocycles. The van der Waals surface area contributed by atoms with Crippen LogP contribution in [0.1, 0.15) is 35.1 Å². The van der Waals surface area contributed by atoms with Gasteiger partial charge in [0.05, 0.1) is 12.8 Å². The van der Waals surface area contributed by atoms with Gasteiger partial charge in [-0.3, -0.25) is 9.78 Å². The molecular formula is C26H27N5O2. The molecule has 0 aliphatic carbocycles. The van der Waals surface area contributed by atoms with Crippen LogP contribution in [-0.2, 0) is 12.8 Å². The maximum atomic E-state index is 12.7. The zero-order valence-corrected chi connectivity index (χ0v) is 18.9. The molecule has 0 radical (unpaired) electrons. The molecule has 168 valence electrons. The van der Waals surface area contributed by atoms with Crippen molar-refractivity contribution in [3.63, 3.8) is 0 Å². The Morgan fingerprint density at radius 1 is 1.06 bits per heavy atom. The van der Waals surface area contributed by atoms with Crippen molar-refractivity contribution in [3.05, 3.63) is 90.0 Å². The number of amides is 1. The quantitative estimate of drug-likeness (QED) is 0.393. The van der Waals surface area contributed by atoms with Crippen LogP contribution in [-0.4, -0.2) is 39.3 Å². The zero-order chi connectivity index (χ0) is 23.0. The molecule has 33 heavy (non-hydrogen) atoms. The van der Waals surface area contributed by atoms with Crippen molar-refractivity contribution in [1.82, 2.24) is 25.1 Å². The third-order valence-corrected chi connectivity index (χ3v) is 5.34. The lowest BCUT2D eigenvalue weighted by atomic mass is 10.1. The van der Waals surface area contributed by atoms with Crippen molar-refractivity contribution in [2.75, 3.05) is 13.7 Å². The zero-order valence-electron chi connectivity index (χ0n) is 18.9. The molecule has 0 fully saturated rings. The van der Waals surface area contributed by atoms with Crippen molar-refractivity contribution in [3.8, 4) is 22.8 Å². The molecule has 7 nitrogen and oxygen atoms in total. The van der Waals surface area contributed by atoms with Crippen LogP contribution in [0.5, 0.6) is 5.75 Å². The highest BCUT2D eigenvalue weighted by Crippen LogP contribution is 2.24. The first-order valence-electron chi connectivity index (χ1n) is 11.1. The third kappa shape index (κ3) is 5.44. The summed E-state index contributed by atoms with van der Waals surface area (Å²) >= 11 is 0. The first-order chi connectivity index (χ1) is 16.2. The number of carbonyl (C=O) groups excluding carboxylic acids is 1. The molecule has 4 aromatic rings. The number of hydrogen-bond donors (Lipinski definition) is 1. The summed E-state index contributed by atoms with van der Waals surface area (Å²) in [6.07, 6.45) is 6.05. The van der Waals surface area contributed by atoms with Gasteiger partial charge in [0.15, 0.2) is 11.6 Å². The number of ether oxygens (including phenoxy) is 1. The van der Waals surface area contributed by atoms with Crippen LogP contribution < -0.4 is 10.1 Å². The Balaban J connectivity index is 1.50. The minimum atomic E-state index is -0.0993. The van der Waals surface area contributed by atoms with E-state index in [4.69, 9.17) is 9.72 Å². The van der Waals surface area contributed by atoms with E-state index in [1.165, 1.54) is 5.56 Å². The van der Waals surface area contributed by atoms with E-state index < -0.39 is 0 Å². The van der Waals surface area contributed by atoms with E-state index in [0.717, 1.165) is 35.7 Å². The summed E-state index contributed by atoms with van der Waals surface area (Å²) in [5.41, 5.74) is 3.52. The van der Waals surface area contributed by atoms with Gasteiger partial charge in [0.2, 0.25) is 0 Å². The van der Waals surface area contributed by atoms with Crippen molar-refractivity contribution in [2.45, 2.75) is 26.2 Å². The second kappa shape index (κ2) is 10.5. The summed E-state index contributed by atoms with van der Waals surface area (Å²) in [5, 5.41) is 7.67. The fourth-order valence-corrected chi connectivity index (χ4v) is 3.54. The lowest BCUT2D eigenvalue weighted by Crippen LogP contribution is -2.24. The normalized spacial score (nSPS) is 10.7. The fourth-order valence-electron chi connectivity index (χ4n) is 3.54. The van der Waals surface area contributed by atoms with E-state index in [-0.39, 0.29) is 5.91 Å². The second-order valence-electron chi connectivity index (χ2n) is 7.61. The molecule has 2 aromatic carbocycles. The summed E-state index contributed by atoms with van der Waals surface area (Å²) in [7, 11) is 1.64. The summed E-state index contributed by atoms with van der Waals surface area (Å²) in [6, 6.07) is 19.2. The molecule has 0 unspecified atom stereocenters. The van der Waals surface area contributed by atoms with Crippen molar-refractivity contribution < 1.29 is 9.53 Å². The predicted octanol–water partition coefficient (Wildman–Crippen LogP) is 4.26. The lowest BCUT2D eigenvalue weighted by Gasteiger charge is -2.09. The Labute approximate surface area is 193 Å². The van der Waals surface area contributed by atoms with Gasteiger partial charge < -0.3 is 10.1 Å². The third-order valence-electron chi connectivity index (χ3n) is 5.34. The summed E-state index contributed by atoms with van der Waals surface area (Å²) in [4.78, 5) is 21.5. The molecule has 0 saturated heterocycles. The number of benzene rings is 2. The van der Waals surface area contributed by atoms with Crippen molar-refractivity contribution in [1.29, 1.82) is 0 Å². The van der Waals surface area contributed by atoms with E-state index in [0.29, 0.717) is 24.4 Å². The topological polar surface area (TPSA) is 81.9 Å². The molecule has 0 spiro atoms. The standard InChI is InChI=1S/C26H27N5O2/c1-3-24-29-25(31(30-24)22-9-11-23(33-2)12-10-22)20-7-4-8-21(18-20)26(32)28-15-5-6-19-13-16-27-17-14-19/h4,7-14,16-18H,3,5-6,15H2,1-2H3,(H,28,32). The first-order valence-corrected chi connectivity index (χ1v) is 11.1. The minimum Gasteiger partial charge on any atom is -0.497 e. The highest BCUT2D eigenvalue weighted by molar-refractivity contribution is 5.95. The Hall–Kier alpha value is -4.00. The van der Waals surface area contributed by atoms with Gasteiger partial charge in [0, 0.05) is 36.5 Å². The largest absolute Gasteiger partial charge is 0.497 e. The highest BCUT2D eigenvalue weighted by Gasteiger charge is 2.15. The second-order valence-corrected chi connectivity index (χ2v) is 7.61. The first kappa shape index (κ1) is 22.2. The molecule has 7 heteroatoms. The molecule has 2 aromatic heterocycles. The number of carbonyl (C=O) groups is 1. The average molecular weight is 442 g/mol. The average Bonchev–Trinajstić information content (AvgIpc) is 3.32. The molecule has 2 heterocycles. The molecule has 0 atom stereocenters. The lowest BCUT2D eigenvalue weighted by molar-refractivity contribution is 0.0953. The van der Waals surface area contributed by atoms with Crippen LogP contribution >= 0.6 is 0 Å². The van der Waals surface area contributed by atoms with E-state index in [2.05, 4.69) is 15.4 Å². The van der Waals surface area contributed by atoms with Gasteiger partial charge in [0.1, 0.15) is 5.75 Å². The molecular weight excluding hydrogens is 414 g/mol. The van der Waals surface area contributed by atoms with Gasteiger partial charge in [-0.1, -0.05) is 19.1 Å². The Kier molecular flexibility index (Phi) is 7.09. The SMILES string of the molecule is CCc1nc(-c2cccc(C(=O)NCCCc3ccncc3)c2)n(-c2ccc(OC)cc2)n1. The van der Waals surface area contributed by atoms with E-state index in [9.17, 15) is 4.79 Å². The number of nitrogens with zero attached hydrogens (tertiary/aromatic N) is 4. The highest BCUT2D eigenvalue weighted by atomic mass is 16.5. The van der Waals surface area contributed by atoms with Gasteiger partial charge in [-0.05, 0) is 66.9 Å². The van der Waals surface area contributed by atoms with Gasteiger partial charge in [0.25, 0.3) is 5.91 Å². The number of nitrogens with one attached hydrogen (secondary N) is 1. The summed E-state index contributed by atoms with van der Waals surface area (Å²) < 4.78 is 7.07. The van der Waals surface area contributed by atoms with Crippen LogP contribution in [0.4, 0.5) is 0 Å². The number of hydrogen-bond acceptors (Lipinski definition) is 5. The number of pyridine rings is 1. The molecule has 1 N–H and O–H groups in total. The summed E-state index contributed by atoms with van der Waals surface area (Å²) in [6.45, 7) is 2.63. The molecule has 0 saturated carbocycles. The van der Waals surface area contributed by atoms with Gasteiger partial charge >= 0.3 is 0 Å². The molecule has 1 amide bonds. The maximum absolute atomic E-state index is 12.7.